The average Bonchev–Trinajstić information content (AvgIpc) is 3.44. The summed E-state index contributed by atoms with van der Waals surface area (Å²) in [4.78, 5) is 25.4. The predicted molar refractivity (Wildman–Crippen MR) is 120 cm³/mol. The van der Waals surface area contributed by atoms with Crippen molar-refractivity contribution in [3.05, 3.63) is 48.9 Å². The van der Waals surface area contributed by atoms with Gasteiger partial charge in [0.15, 0.2) is 17.5 Å². The molecular weight excluding hydrogens is 409 g/mol. The first-order valence-corrected chi connectivity index (χ1v) is 10.4. The van der Waals surface area contributed by atoms with Crippen LogP contribution in [0.1, 0.15) is 0 Å². The minimum Gasteiger partial charge on any atom is -0.352 e. The van der Waals surface area contributed by atoms with Gasteiger partial charge in [-0.1, -0.05) is 0 Å². The van der Waals surface area contributed by atoms with Crippen LogP contribution < -0.4 is 4.90 Å². The fourth-order valence-corrected chi connectivity index (χ4v) is 4.16. The summed E-state index contributed by atoms with van der Waals surface area (Å²) in [7, 11) is 2.12. The highest BCUT2D eigenvalue weighted by Gasteiger charge is 2.21. The highest BCUT2D eigenvalue weighted by molar-refractivity contribution is 5.97. The van der Waals surface area contributed by atoms with Crippen molar-refractivity contribution in [3.63, 3.8) is 0 Å². The molecule has 0 unspecified atom stereocenters. The molecule has 4 aromatic heterocycles. The van der Waals surface area contributed by atoms with E-state index in [9.17, 15) is 4.39 Å². The summed E-state index contributed by atoms with van der Waals surface area (Å²) in [5, 5.41) is 7.79. The van der Waals surface area contributed by atoms with Gasteiger partial charge in [-0.25, -0.2) is 24.3 Å². The molecule has 0 bridgehead atoms. The van der Waals surface area contributed by atoms with Crippen LogP contribution in [-0.2, 0) is 0 Å². The van der Waals surface area contributed by atoms with E-state index < -0.39 is 5.82 Å². The van der Waals surface area contributed by atoms with Crippen LogP contribution in [0, 0.1) is 5.82 Å². The first-order chi connectivity index (χ1) is 15.7. The van der Waals surface area contributed by atoms with Gasteiger partial charge in [-0.2, -0.15) is 5.10 Å². The summed E-state index contributed by atoms with van der Waals surface area (Å²) in [5.74, 6) is 1.03. The standard InChI is InChI=1S/C22H20FN9/c1-31-4-6-32(7-5-31)22-20-17(2-3-26-22)27-21(28-20)19-15-8-13(14-10-24-12-25-11-14)9-16(23)18(15)29-30-19/h2-3,8-12H,4-7H2,1H3,(H,27,28)(H,29,30). The summed E-state index contributed by atoms with van der Waals surface area (Å²) in [6, 6.07) is 5.22. The molecule has 6 rings (SSSR count). The van der Waals surface area contributed by atoms with Crippen LogP contribution in [0.25, 0.3) is 44.6 Å². The van der Waals surface area contributed by atoms with Gasteiger partial charge in [0.25, 0.3) is 0 Å². The van der Waals surface area contributed by atoms with Gasteiger partial charge in [0.05, 0.1) is 5.52 Å². The molecule has 10 heteroatoms. The number of hydrogen-bond acceptors (Lipinski definition) is 7. The third kappa shape index (κ3) is 3.07. The molecule has 0 aliphatic carbocycles. The zero-order valence-corrected chi connectivity index (χ0v) is 17.4. The van der Waals surface area contributed by atoms with E-state index in [0.717, 1.165) is 48.6 Å². The number of aromatic nitrogens is 7. The third-order valence-electron chi connectivity index (χ3n) is 5.93. The Hall–Kier alpha value is -3.92. The topological polar surface area (TPSA) is 103 Å². The summed E-state index contributed by atoms with van der Waals surface area (Å²) in [6.07, 6.45) is 6.54. The Morgan fingerprint density at radius 1 is 1.00 bits per heavy atom. The summed E-state index contributed by atoms with van der Waals surface area (Å²) in [5.41, 5.74) is 3.96. The van der Waals surface area contributed by atoms with E-state index in [1.54, 1.807) is 18.6 Å². The molecular formula is C22H20FN9. The number of anilines is 1. The lowest BCUT2D eigenvalue weighted by atomic mass is 10.1. The average molecular weight is 429 g/mol. The molecule has 32 heavy (non-hydrogen) atoms. The molecule has 9 nitrogen and oxygen atoms in total. The van der Waals surface area contributed by atoms with Gasteiger partial charge < -0.3 is 14.8 Å². The van der Waals surface area contributed by atoms with Crippen LogP contribution in [0.2, 0.25) is 0 Å². The molecule has 1 fully saturated rings. The lowest BCUT2D eigenvalue weighted by molar-refractivity contribution is 0.312. The van der Waals surface area contributed by atoms with Crippen LogP contribution in [-0.4, -0.2) is 73.2 Å². The van der Waals surface area contributed by atoms with Crippen LogP contribution in [0.15, 0.2) is 43.1 Å². The minimum atomic E-state index is -0.417. The van der Waals surface area contributed by atoms with Crippen molar-refractivity contribution in [2.24, 2.45) is 0 Å². The second-order valence-corrected chi connectivity index (χ2v) is 7.99. The molecule has 2 N–H and O–H groups in total. The number of nitrogens with one attached hydrogen (secondary N) is 2. The van der Waals surface area contributed by atoms with Gasteiger partial charge in [-0.3, -0.25) is 5.10 Å². The number of likely N-dealkylation sites (N-methyl/N-ethyl adjacent to an activating group) is 1. The molecule has 0 radical (unpaired) electrons. The van der Waals surface area contributed by atoms with Gasteiger partial charge in [0, 0.05) is 55.7 Å². The van der Waals surface area contributed by atoms with Gasteiger partial charge in [-0.05, 0) is 30.8 Å². The Labute approximate surface area is 182 Å². The molecule has 0 spiro atoms. The van der Waals surface area contributed by atoms with E-state index in [1.165, 1.54) is 12.4 Å². The minimum absolute atomic E-state index is 0.262. The molecule has 1 saturated heterocycles. The van der Waals surface area contributed by atoms with E-state index in [2.05, 4.69) is 47.0 Å². The van der Waals surface area contributed by atoms with Crippen molar-refractivity contribution >= 4 is 27.8 Å². The monoisotopic (exact) mass is 429 g/mol. The molecule has 0 saturated carbocycles. The molecule has 0 atom stereocenters. The molecule has 1 aromatic carbocycles. The number of piperazine rings is 1. The van der Waals surface area contributed by atoms with E-state index in [0.29, 0.717) is 22.5 Å². The molecule has 1 aliphatic heterocycles. The normalized spacial score (nSPS) is 15.1. The van der Waals surface area contributed by atoms with E-state index in [-0.39, 0.29) is 5.52 Å². The zero-order valence-electron chi connectivity index (χ0n) is 17.4. The van der Waals surface area contributed by atoms with E-state index in [4.69, 9.17) is 4.98 Å². The predicted octanol–water partition coefficient (Wildman–Crippen LogP) is 2.85. The second-order valence-electron chi connectivity index (χ2n) is 7.99. The Bertz CT molecular complexity index is 1420. The van der Waals surface area contributed by atoms with Gasteiger partial charge in [0.1, 0.15) is 23.1 Å². The number of pyridine rings is 1. The Morgan fingerprint density at radius 3 is 2.62 bits per heavy atom. The first-order valence-electron chi connectivity index (χ1n) is 10.4. The third-order valence-corrected chi connectivity index (χ3v) is 5.93. The summed E-state index contributed by atoms with van der Waals surface area (Å²) in [6.45, 7) is 3.74. The van der Waals surface area contributed by atoms with Gasteiger partial charge >= 0.3 is 0 Å². The number of nitrogens with zero attached hydrogens (tertiary/aromatic N) is 7. The fraction of sp³-hybridized carbons (Fsp3) is 0.227. The van der Waals surface area contributed by atoms with Crippen molar-refractivity contribution in [1.82, 2.24) is 40.0 Å². The summed E-state index contributed by atoms with van der Waals surface area (Å²) >= 11 is 0. The van der Waals surface area contributed by atoms with Crippen molar-refractivity contribution in [2.45, 2.75) is 0 Å². The molecule has 0 amide bonds. The Balaban J connectivity index is 1.47. The number of H-pyrrole nitrogens is 2. The molecule has 5 aromatic rings. The van der Waals surface area contributed by atoms with Crippen LogP contribution in [0.5, 0.6) is 0 Å². The summed E-state index contributed by atoms with van der Waals surface area (Å²) < 4.78 is 14.8. The second kappa shape index (κ2) is 7.34. The molecule has 5 heterocycles. The number of imidazole rings is 1. The van der Waals surface area contributed by atoms with Crippen molar-refractivity contribution in [1.29, 1.82) is 0 Å². The lowest BCUT2D eigenvalue weighted by Crippen LogP contribution is -2.44. The highest BCUT2D eigenvalue weighted by Crippen LogP contribution is 2.33. The van der Waals surface area contributed by atoms with Crippen molar-refractivity contribution in [3.8, 4) is 22.6 Å². The number of rotatable bonds is 3. The number of fused-ring (bicyclic) bond motifs is 2. The highest BCUT2D eigenvalue weighted by atomic mass is 19.1. The number of halogens is 1. The quantitative estimate of drug-likeness (QED) is 0.455. The maximum atomic E-state index is 14.8. The fourth-order valence-electron chi connectivity index (χ4n) is 4.16. The Kier molecular flexibility index (Phi) is 4.32. The van der Waals surface area contributed by atoms with Crippen LogP contribution in [0.3, 0.4) is 0 Å². The van der Waals surface area contributed by atoms with E-state index >= 15 is 0 Å². The van der Waals surface area contributed by atoms with Crippen molar-refractivity contribution in [2.75, 3.05) is 38.1 Å². The van der Waals surface area contributed by atoms with Crippen molar-refractivity contribution < 1.29 is 4.39 Å². The molecule has 1 aliphatic rings. The number of hydrogen-bond donors (Lipinski definition) is 2. The maximum Gasteiger partial charge on any atom is 0.157 e. The van der Waals surface area contributed by atoms with Gasteiger partial charge in [0.2, 0.25) is 0 Å². The zero-order chi connectivity index (χ0) is 21.7. The first kappa shape index (κ1) is 18.8. The largest absolute Gasteiger partial charge is 0.352 e. The van der Waals surface area contributed by atoms with Crippen LogP contribution >= 0.6 is 0 Å². The smallest absolute Gasteiger partial charge is 0.157 e. The number of aromatic amines is 2. The van der Waals surface area contributed by atoms with Gasteiger partial charge in [-0.15, -0.1) is 0 Å². The van der Waals surface area contributed by atoms with Crippen LogP contribution in [0.4, 0.5) is 10.2 Å². The SMILES string of the molecule is CN1CCN(c2nccc3[nH]c(-c4[nH]nc5c(F)cc(-c6cncnc6)cc45)nc23)CC1. The van der Waals surface area contributed by atoms with E-state index in [1.807, 2.05) is 12.1 Å². The molecule has 160 valence electrons. The lowest BCUT2D eigenvalue weighted by Gasteiger charge is -2.33. The maximum absolute atomic E-state index is 14.8. The Morgan fingerprint density at radius 2 is 1.81 bits per heavy atom. The number of benzene rings is 1.